The molecule has 1 aromatic rings. The van der Waals surface area contributed by atoms with Gasteiger partial charge in [0.05, 0.1) is 17.0 Å². The van der Waals surface area contributed by atoms with Gasteiger partial charge in [0, 0.05) is 12.1 Å². The Bertz CT molecular complexity index is 528. The minimum Gasteiger partial charge on any atom is -0.272 e. The van der Waals surface area contributed by atoms with Crippen LogP contribution in [0.25, 0.3) is 0 Å². The fraction of sp³-hybridized carbons (Fsp3) is 0.200. The van der Waals surface area contributed by atoms with Gasteiger partial charge in [0.2, 0.25) is 0 Å². The number of amides is 1. The molecule has 0 unspecified atom stereocenters. The first kappa shape index (κ1) is 12.1. The lowest BCUT2D eigenvalue weighted by molar-refractivity contribution is -0.384. The standard InChI is InChI=1S/C10H7F2N3O3/c11-10(12)8-5-9(16)14(13-8)6-1-3-7(4-2-6)15(17)18/h1-4,10H,5H2. The highest BCUT2D eigenvalue weighted by Crippen LogP contribution is 2.24. The first-order valence-corrected chi connectivity index (χ1v) is 4.92. The van der Waals surface area contributed by atoms with Gasteiger partial charge in [-0.3, -0.25) is 14.9 Å². The molecule has 0 aromatic heterocycles. The van der Waals surface area contributed by atoms with Crippen molar-refractivity contribution in [3.63, 3.8) is 0 Å². The first-order valence-electron chi connectivity index (χ1n) is 4.92. The van der Waals surface area contributed by atoms with Gasteiger partial charge in [-0.2, -0.15) is 5.10 Å². The summed E-state index contributed by atoms with van der Waals surface area (Å²) >= 11 is 0. The largest absolute Gasteiger partial charge is 0.278 e. The summed E-state index contributed by atoms with van der Waals surface area (Å²) < 4.78 is 24.7. The van der Waals surface area contributed by atoms with Crippen LogP contribution in [0.4, 0.5) is 20.2 Å². The van der Waals surface area contributed by atoms with Gasteiger partial charge in [-0.1, -0.05) is 0 Å². The lowest BCUT2D eigenvalue weighted by Crippen LogP contribution is -2.19. The molecule has 18 heavy (non-hydrogen) atoms. The molecule has 0 aliphatic carbocycles. The van der Waals surface area contributed by atoms with Crippen LogP contribution in [0.15, 0.2) is 29.4 Å². The fourth-order valence-corrected chi connectivity index (χ4v) is 1.49. The zero-order chi connectivity index (χ0) is 13.3. The van der Waals surface area contributed by atoms with E-state index in [0.717, 1.165) is 5.01 Å². The molecule has 1 heterocycles. The number of alkyl halides is 2. The first-order chi connectivity index (χ1) is 8.49. The van der Waals surface area contributed by atoms with Gasteiger partial charge >= 0.3 is 0 Å². The summed E-state index contributed by atoms with van der Waals surface area (Å²) in [5.41, 5.74) is -0.428. The molecule has 0 atom stereocenters. The van der Waals surface area contributed by atoms with E-state index in [2.05, 4.69) is 5.10 Å². The molecule has 0 saturated heterocycles. The lowest BCUT2D eigenvalue weighted by Gasteiger charge is -2.10. The molecular formula is C10H7F2N3O3. The predicted molar refractivity (Wildman–Crippen MR) is 58.6 cm³/mol. The summed E-state index contributed by atoms with van der Waals surface area (Å²) in [7, 11) is 0. The Hall–Kier alpha value is -2.38. The average Bonchev–Trinajstić information content (AvgIpc) is 2.71. The molecule has 94 valence electrons. The summed E-state index contributed by atoms with van der Waals surface area (Å²) in [6, 6.07) is 4.93. The van der Waals surface area contributed by atoms with Crippen molar-refractivity contribution in [3.05, 3.63) is 34.4 Å². The van der Waals surface area contributed by atoms with E-state index >= 15 is 0 Å². The van der Waals surface area contributed by atoms with Crippen molar-refractivity contribution in [2.45, 2.75) is 12.8 Å². The van der Waals surface area contributed by atoms with E-state index in [-0.39, 0.29) is 11.4 Å². The molecular weight excluding hydrogens is 248 g/mol. The topological polar surface area (TPSA) is 75.8 Å². The molecule has 6 nitrogen and oxygen atoms in total. The molecule has 0 spiro atoms. The summed E-state index contributed by atoms with van der Waals surface area (Å²) in [6.07, 6.45) is -3.22. The zero-order valence-corrected chi connectivity index (χ0v) is 8.92. The number of nitrogens with zero attached hydrogens (tertiary/aromatic N) is 3. The van der Waals surface area contributed by atoms with Gasteiger partial charge < -0.3 is 0 Å². The molecule has 1 amide bonds. The van der Waals surface area contributed by atoms with E-state index in [1.165, 1.54) is 24.3 Å². The number of hydrogen-bond acceptors (Lipinski definition) is 4. The second kappa shape index (κ2) is 4.47. The number of hydrazone groups is 1. The van der Waals surface area contributed by atoms with Crippen LogP contribution < -0.4 is 5.01 Å². The number of non-ortho nitro benzene ring substituents is 1. The second-order valence-electron chi connectivity index (χ2n) is 3.55. The summed E-state index contributed by atoms with van der Waals surface area (Å²) in [5.74, 6) is -0.584. The maximum absolute atomic E-state index is 12.4. The van der Waals surface area contributed by atoms with Crippen LogP contribution in [0.1, 0.15) is 6.42 Å². The third-order valence-corrected chi connectivity index (χ3v) is 2.35. The van der Waals surface area contributed by atoms with E-state index in [0.29, 0.717) is 0 Å². The van der Waals surface area contributed by atoms with Crippen LogP contribution in [0, 0.1) is 10.1 Å². The van der Waals surface area contributed by atoms with Gasteiger partial charge in [-0.05, 0) is 12.1 Å². The molecule has 2 rings (SSSR count). The van der Waals surface area contributed by atoms with Crippen LogP contribution in [0.3, 0.4) is 0 Å². The third-order valence-electron chi connectivity index (χ3n) is 2.35. The molecule has 1 aromatic carbocycles. The van der Waals surface area contributed by atoms with Crippen molar-refractivity contribution in [3.8, 4) is 0 Å². The maximum Gasteiger partial charge on any atom is 0.278 e. The summed E-state index contributed by atoms with van der Waals surface area (Å²) in [6.45, 7) is 0. The van der Waals surface area contributed by atoms with Gasteiger partial charge in [0.15, 0.2) is 0 Å². The number of anilines is 1. The minimum atomic E-state index is -2.78. The Labute approximate surface area is 99.7 Å². The van der Waals surface area contributed by atoms with Crippen molar-refractivity contribution < 1.29 is 18.5 Å². The summed E-state index contributed by atoms with van der Waals surface area (Å²) in [5, 5.41) is 14.8. The number of carbonyl (C=O) groups excluding carboxylic acids is 1. The van der Waals surface area contributed by atoms with Crippen molar-refractivity contribution in [2.75, 3.05) is 5.01 Å². The van der Waals surface area contributed by atoms with E-state index in [9.17, 15) is 23.7 Å². The van der Waals surface area contributed by atoms with Gasteiger partial charge in [-0.25, -0.2) is 13.8 Å². The highest BCUT2D eigenvalue weighted by atomic mass is 19.3. The number of benzene rings is 1. The van der Waals surface area contributed by atoms with Gasteiger partial charge in [0.25, 0.3) is 18.0 Å². The average molecular weight is 255 g/mol. The number of hydrogen-bond donors (Lipinski definition) is 0. The third kappa shape index (κ3) is 2.17. The molecule has 1 aliphatic rings. The number of carbonyl (C=O) groups is 1. The van der Waals surface area contributed by atoms with Crippen LogP contribution in [0.5, 0.6) is 0 Å². The molecule has 8 heteroatoms. The van der Waals surface area contributed by atoms with Crippen LogP contribution >= 0.6 is 0 Å². The van der Waals surface area contributed by atoms with Crippen molar-refractivity contribution in [1.29, 1.82) is 0 Å². The molecule has 0 saturated carbocycles. The minimum absolute atomic E-state index is 0.150. The molecule has 0 fully saturated rings. The quantitative estimate of drug-likeness (QED) is 0.611. The molecule has 0 N–H and O–H groups in total. The Morgan fingerprint density at radius 1 is 1.33 bits per heavy atom. The Morgan fingerprint density at radius 2 is 1.94 bits per heavy atom. The summed E-state index contributed by atoms with van der Waals surface area (Å²) in [4.78, 5) is 21.3. The Morgan fingerprint density at radius 3 is 2.39 bits per heavy atom. The normalized spacial score (nSPS) is 15.2. The maximum atomic E-state index is 12.4. The fourth-order valence-electron chi connectivity index (χ4n) is 1.49. The molecule has 0 radical (unpaired) electrons. The van der Waals surface area contributed by atoms with E-state index in [1.54, 1.807) is 0 Å². The van der Waals surface area contributed by atoms with Crippen LogP contribution in [-0.2, 0) is 4.79 Å². The Kier molecular flexibility index (Phi) is 3.00. The number of nitro benzene ring substituents is 1. The van der Waals surface area contributed by atoms with E-state index < -0.39 is 29.4 Å². The van der Waals surface area contributed by atoms with E-state index in [4.69, 9.17) is 0 Å². The molecule has 1 aliphatic heterocycles. The lowest BCUT2D eigenvalue weighted by atomic mass is 10.2. The van der Waals surface area contributed by atoms with Crippen molar-refractivity contribution >= 4 is 23.0 Å². The monoisotopic (exact) mass is 255 g/mol. The second-order valence-corrected chi connectivity index (χ2v) is 3.55. The number of nitro groups is 1. The SMILES string of the molecule is O=C1CC(C(F)F)=NN1c1ccc([N+](=O)[O-])cc1. The smallest absolute Gasteiger partial charge is 0.272 e. The van der Waals surface area contributed by atoms with E-state index in [1.807, 2.05) is 0 Å². The molecule has 0 bridgehead atoms. The van der Waals surface area contributed by atoms with Crippen molar-refractivity contribution in [2.24, 2.45) is 5.10 Å². The van der Waals surface area contributed by atoms with Crippen molar-refractivity contribution in [1.82, 2.24) is 0 Å². The number of halogens is 2. The predicted octanol–water partition coefficient (Wildman–Crippen LogP) is 1.95. The highest BCUT2D eigenvalue weighted by Gasteiger charge is 2.30. The van der Waals surface area contributed by atoms with Gasteiger partial charge in [-0.15, -0.1) is 0 Å². The van der Waals surface area contributed by atoms with Crippen LogP contribution in [-0.4, -0.2) is 23.0 Å². The van der Waals surface area contributed by atoms with Crippen LogP contribution in [0.2, 0.25) is 0 Å². The Balaban J connectivity index is 2.26. The zero-order valence-electron chi connectivity index (χ0n) is 8.92. The highest BCUT2D eigenvalue weighted by molar-refractivity contribution is 6.14. The van der Waals surface area contributed by atoms with Gasteiger partial charge in [0.1, 0.15) is 5.71 Å². The number of rotatable bonds is 3.